The number of aryl methyl sites for hydroxylation is 1. The Balaban J connectivity index is 3.25. The second kappa shape index (κ2) is 4.07. The van der Waals surface area contributed by atoms with Gasteiger partial charge >= 0.3 is 0 Å². The highest BCUT2D eigenvalue weighted by molar-refractivity contribution is 5.58. The monoisotopic (exact) mass is 174 g/mol. The molecule has 1 aromatic carbocycles. The van der Waals surface area contributed by atoms with Crippen molar-refractivity contribution in [3.05, 3.63) is 34.2 Å². The summed E-state index contributed by atoms with van der Waals surface area (Å²) in [6, 6.07) is 4.90. The van der Waals surface area contributed by atoms with Crippen molar-refractivity contribution >= 4 is 17.5 Å². The Labute approximate surface area is 74.4 Å². The van der Waals surface area contributed by atoms with E-state index in [0.717, 1.165) is 5.56 Å². The van der Waals surface area contributed by atoms with Crippen LogP contribution in [0.2, 0.25) is 0 Å². The van der Waals surface area contributed by atoms with Crippen LogP contribution in [-0.2, 0) is 4.79 Å². The fraction of sp³-hybridized carbons (Fsp3) is 0.125. The average Bonchev–Trinajstić information content (AvgIpc) is 2.12. The lowest BCUT2D eigenvalue weighted by Crippen LogP contribution is -1.72. The number of rotatable bonds is 2. The molecule has 0 fully saturated rings. The molecule has 0 heterocycles. The number of aliphatic imine (C=N–C) groups is 1. The normalized spacial score (nSPS) is 8.38. The van der Waals surface area contributed by atoms with Crippen LogP contribution in [0, 0.1) is 6.92 Å². The van der Waals surface area contributed by atoms with Crippen molar-refractivity contribution in [3.8, 4) is 0 Å². The summed E-state index contributed by atoms with van der Waals surface area (Å²) >= 11 is 0. The van der Waals surface area contributed by atoms with Crippen LogP contribution in [0.3, 0.4) is 0 Å². The van der Waals surface area contributed by atoms with Gasteiger partial charge in [-0.25, -0.2) is 4.79 Å². The maximum Gasteiger partial charge on any atom is 0.240 e. The zero-order valence-electron chi connectivity index (χ0n) is 6.93. The van der Waals surface area contributed by atoms with Gasteiger partial charge < -0.3 is 0 Å². The van der Waals surface area contributed by atoms with Crippen LogP contribution in [-0.4, -0.2) is 6.08 Å². The molecule has 0 spiro atoms. The first-order valence-electron chi connectivity index (χ1n) is 3.51. The largest absolute Gasteiger partial charge is 0.240 e. The Morgan fingerprint density at radius 3 is 2.92 bits per heavy atom. The van der Waals surface area contributed by atoms with Crippen LogP contribution in [0.5, 0.6) is 0 Å². The average molecular weight is 174 g/mol. The van der Waals surface area contributed by atoms with Crippen molar-refractivity contribution in [1.82, 2.24) is 0 Å². The third-order valence-corrected chi connectivity index (χ3v) is 1.52. The van der Waals surface area contributed by atoms with Gasteiger partial charge in [-0.15, -0.1) is 0 Å². The molecule has 0 aromatic heterocycles. The molecule has 0 radical (unpaired) electrons. The predicted molar refractivity (Wildman–Crippen MR) is 47.8 cm³/mol. The van der Waals surface area contributed by atoms with Crippen molar-refractivity contribution in [2.24, 2.45) is 10.1 Å². The minimum Gasteiger partial charge on any atom is -0.211 e. The lowest BCUT2D eigenvalue weighted by atomic mass is 10.2. The smallest absolute Gasteiger partial charge is 0.211 e. The molecule has 64 valence electrons. The predicted octanol–water partition coefficient (Wildman–Crippen LogP) is 2.90. The van der Waals surface area contributed by atoms with Crippen LogP contribution in [0.4, 0.5) is 11.4 Å². The Morgan fingerprint density at radius 1 is 1.54 bits per heavy atom. The molecule has 1 rings (SSSR count). The fourth-order valence-electron chi connectivity index (χ4n) is 0.876. The highest BCUT2D eigenvalue weighted by Gasteiger charge is 1.96. The zero-order chi connectivity index (χ0) is 9.68. The minimum absolute atomic E-state index is 0.433. The van der Waals surface area contributed by atoms with E-state index in [1.807, 2.05) is 0 Å². The third kappa shape index (κ3) is 2.17. The quantitative estimate of drug-likeness (QED) is 0.223. The van der Waals surface area contributed by atoms with Gasteiger partial charge in [0.25, 0.3) is 0 Å². The Kier molecular flexibility index (Phi) is 2.82. The van der Waals surface area contributed by atoms with E-state index in [-0.39, 0.29) is 0 Å². The van der Waals surface area contributed by atoms with Crippen molar-refractivity contribution in [3.63, 3.8) is 0 Å². The van der Waals surface area contributed by atoms with Crippen molar-refractivity contribution in [2.45, 2.75) is 6.92 Å². The molecule has 0 aliphatic heterocycles. The molecule has 0 unspecified atom stereocenters. The van der Waals surface area contributed by atoms with Crippen LogP contribution in [0.25, 0.3) is 10.4 Å². The van der Waals surface area contributed by atoms with Gasteiger partial charge in [0.15, 0.2) is 0 Å². The molecule has 0 N–H and O–H groups in total. The van der Waals surface area contributed by atoms with Crippen molar-refractivity contribution in [1.29, 1.82) is 0 Å². The number of hydrogen-bond acceptors (Lipinski definition) is 3. The topological polar surface area (TPSA) is 78.2 Å². The standard InChI is InChI=1S/C8H6N4O/c1-6-2-3-7(10-5-13)4-8(6)11-12-9/h2-4H,1H3. The Bertz CT molecular complexity index is 414. The van der Waals surface area contributed by atoms with E-state index < -0.39 is 0 Å². The van der Waals surface area contributed by atoms with Gasteiger partial charge in [0.1, 0.15) is 0 Å². The van der Waals surface area contributed by atoms with Gasteiger partial charge in [0, 0.05) is 10.6 Å². The zero-order valence-corrected chi connectivity index (χ0v) is 6.93. The molecule has 0 bridgehead atoms. The SMILES string of the molecule is Cc1ccc(N=C=O)cc1N=[N+]=[N-]. The highest BCUT2D eigenvalue weighted by atomic mass is 16.1. The maximum atomic E-state index is 9.93. The minimum atomic E-state index is 0.433. The number of isocyanates is 1. The second-order valence-electron chi connectivity index (χ2n) is 2.36. The van der Waals surface area contributed by atoms with Gasteiger partial charge in [-0.3, -0.25) is 0 Å². The maximum absolute atomic E-state index is 9.93. The molecular weight excluding hydrogens is 168 g/mol. The first kappa shape index (κ1) is 9.00. The van der Waals surface area contributed by atoms with E-state index in [9.17, 15) is 4.79 Å². The second-order valence-corrected chi connectivity index (χ2v) is 2.36. The van der Waals surface area contributed by atoms with Crippen LogP contribution in [0.15, 0.2) is 28.3 Å². The van der Waals surface area contributed by atoms with Gasteiger partial charge in [0.2, 0.25) is 6.08 Å². The summed E-state index contributed by atoms with van der Waals surface area (Å²) in [7, 11) is 0. The Hall–Kier alpha value is -2.09. The van der Waals surface area contributed by atoms with Crippen LogP contribution >= 0.6 is 0 Å². The molecule has 0 saturated carbocycles. The van der Waals surface area contributed by atoms with E-state index in [0.29, 0.717) is 11.4 Å². The molecule has 0 aliphatic rings. The highest BCUT2D eigenvalue weighted by Crippen LogP contribution is 2.24. The van der Waals surface area contributed by atoms with E-state index in [4.69, 9.17) is 5.53 Å². The summed E-state index contributed by atoms with van der Waals surface area (Å²) in [5.41, 5.74) is 9.96. The molecule has 5 nitrogen and oxygen atoms in total. The van der Waals surface area contributed by atoms with Crippen molar-refractivity contribution < 1.29 is 4.79 Å². The summed E-state index contributed by atoms with van der Waals surface area (Å²) in [5.74, 6) is 0. The summed E-state index contributed by atoms with van der Waals surface area (Å²) in [6.07, 6.45) is 1.41. The van der Waals surface area contributed by atoms with Gasteiger partial charge in [-0.05, 0) is 30.2 Å². The van der Waals surface area contributed by atoms with Crippen LogP contribution in [0.1, 0.15) is 5.56 Å². The molecule has 5 heteroatoms. The number of azide groups is 1. The number of carbonyl (C=O) groups excluding carboxylic acids is 1. The first-order chi connectivity index (χ1) is 6.27. The summed E-state index contributed by atoms with van der Waals surface area (Å²) in [5, 5.41) is 3.44. The van der Waals surface area contributed by atoms with Crippen LogP contribution < -0.4 is 0 Å². The van der Waals surface area contributed by atoms with Gasteiger partial charge in [-0.1, -0.05) is 11.2 Å². The molecule has 0 saturated heterocycles. The van der Waals surface area contributed by atoms with E-state index in [1.165, 1.54) is 12.1 Å². The van der Waals surface area contributed by atoms with E-state index >= 15 is 0 Å². The molecule has 0 amide bonds. The summed E-state index contributed by atoms with van der Waals surface area (Å²) in [6.45, 7) is 1.80. The molecule has 1 aromatic rings. The number of benzene rings is 1. The Morgan fingerprint density at radius 2 is 2.31 bits per heavy atom. The van der Waals surface area contributed by atoms with E-state index in [1.54, 1.807) is 19.1 Å². The lowest BCUT2D eigenvalue weighted by molar-refractivity contribution is 0.565. The molecular formula is C8H6N4O. The first-order valence-corrected chi connectivity index (χ1v) is 3.51. The molecule has 0 atom stereocenters. The summed E-state index contributed by atoms with van der Waals surface area (Å²) < 4.78 is 0. The fourth-order valence-corrected chi connectivity index (χ4v) is 0.876. The third-order valence-electron chi connectivity index (χ3n) is 1.52. The number of nitrogens with zero attached hydrogens (tertiary/aromatic N) is 4. The van der Waals surface area contributed by atoms with Gasteiger partial charge in [-0.2, -0.15) is 4.99 Å². The number of hydrogen-bond donors (Lipinski definition) is 0. The lowest BCUT2D eigenvalue weighted by Gasteiger charge is -1.97. The van der Waals surface area contributed by atoms with E-state index in [2.05, 4.69) is 15.0 Å². The molecule has 0 aliphatic carbocycles. The van der Waals surface area contributed by atoms with Gasteiger partial charge in [0.05, 0.1) is 5.69 Å². The molecule has 13 heavy (non-hydrogen) atoms. The summed E-state index contributed by atoms with van der Waals surface area (Å²) in [4.78, 5) is 16.0. The van der Waals surface area contributed by atoms with Crippen molar-refractivity contribution in [2.75, 3.05) is 0 Å².